The van der Waals surface area contributed by atoms with Gasteiger partial charge in [0.2, 0.25) is 5.13 Å². The Hall–Kier alpha value is -2.53. The first kappa shape index (κ1) is 14.1. The lowest BCUT2D eigenvalue weighted by Gasteiger charge is -2.03. The highest BCUT2D eigenvalue weighted by Gasteiger charge is 2.23. The third kappa shape index (κ3) is 2.64. The topological polar surface area (TPSA) is 34.5 Å². The molecule has 1 aliphatic rings. The average Bonchev–Trinajstić information content (AvgIpc) is 3.10. The van der Waals surface area contributed by atoms with E-state index < -0.39 is 0 Å². The van der Waals surface area contributed by atoms with Crippen LogP contribution < -0.4 is 4.74 Å². The van der Waals surface area contributed by atoms with Gasteiger partial charge in [-0.25, -0.2) is 14.4 Å². The molecule has 0 bridgehead atoms. The fraction of sp³-hybridized carbons (Fsp3) is 0.111. The van der Waals surface area contributed by atoms with Crippen LogP contribution in [0.15, 0.2) is 47.5 Å². The second-order valence-corrected chi connectivity index (χ2v) is 6.34. The van der Waals surface area contributed by atoms with Gasteiger partial charge in [-0.3, -0.25) is 0 Å². The van der Waals surface area contributed by atoms with E-state index in [0.717, 1.165) is 34.1 Å². The molecule has 1 aliphatic carbocycles. The van der Waals surface area contributed by atoms with Crippen molar-refractivity contribution in [3.8, 4) is 17.0 Å². The van der Waals surface area contributed by atoms with E-state index in [2.05, 4.69) is 16.0 Å². The van der Waals surface area contributed by atoms with Crippen LogP contribution in [0.25, 0.3) is 11.3 Å². The number of fused-ring (bicyclic) bond motifs is 3. The molecule has 0 atom stereocenters. The number of nitrogens with zero attached hydrogens (tertiary/aromatic N) is 2. The van der Waals surface area contributed by atoms with Crippen LogP contribution in [0.4, 0.5) is 9.52 Å². The average molecular weight is 324 g/mol. The maximum absolute atomic E-state index is 12.9. The van der Waals surface area contributed by atoms with Gasteiger partial charge >= 0.3 is 0 Å². The lowest BCUT2D eigenvalue weighted by Crippen LogP contribution is -1.86. The van der Waals surface area contributed by atoms with Gasteiger partial charge in [-0.1, -0.05) is 23.5 Å². The highest BCUT2D eigenvalue weighted by molar-refractivity contribution is 7.15. The van der Waals surface area contributed by atoms with Crippen molar-refractivity contribution in [3.63, 3.8) is 0 Å². The lowest BCUT2D eigenvalue weighted by atomic mass is 10.1. The number of ether oxygens (including phenoxy) is 1. The van der Waals surface area contributed by atoms with Gasteiger partial charge in [-0.15, -0.1) is 0 Å². The van der Waals surface area contributed by atoms with Gasteiger partial charge in [-0.2, -0.15) is 0 Å². The monoisotopic (exact) mass is 324 g/mol. The molecule has 0 saturated heterocycles. The fourth-order valence-electron chi connectivity index (χ4n) is 2.65. The predicted molar refractivity (Wildman–Crippen MR) is 90.6 cm³/mol. The minimum Gasteiger partial charge on any atom is -0.497 e. The zero-order valence-electron chi connectivity index (χ0n) is 12.4. The Morgan fingerprint density at radius 1 is 1.22 bits per heavy atom. The number of aromatic nitrogens is 1. The summed E-state index contributed by atoms with van der Waals surface area (Å²) in [6, 6.07) is 12.3. The number of hydrogen-bond donors (Lipinski definition) is 0. The van der Waals surface area contributed by atoms with Crippen LogP contribution in [0.2, 0.25) is 0 Å². The third-order valence-corrected chi connectivity index (χ3v) is 4.76. The summed E-state index contributed by atoms with van der Waals surface area (Å²) >= 11 is 1.59. The van der Waals surface area contributed by atoms with Crippen molar-refractivity contribution < 1.29 is 9.13 Å². The molecular formula is C18H13FN2OS. The molecule has 23 heavy (non-hydrogen) atoms. The van der Waals surface area contributed by atoms with Crippen LogP contribution in [0.1, 0.15) is 16.0 Å². The molecule has 0 unspecified atom stereocenters. The molecule has 2 aromatic carbocycles. The Morgan fingerprint density at radius 2 is 2.04 bits per heavy atom. The smallest absolute Gasteiger partial charge is 0.209 e. The number of thiazole rings is 1. The summed E-state index contributed by atoms with van der Waals surface area (Å²) in [7, 11) is 1.67. The Balaban J connectivity index is 1.61. The minimum atomic E-state index is -0.248. The summed E-state index contributed by atoms with van der Waals surface area (Å²) in [5.41, 5.74) is 4.26. The van der Waals surface area contributed by atoms with E-state index in [4.69, 9.17) is 4.74 Å². The standard InChI is InChI=1S/C18H13FN2OS/c1-22-14-6-7-15-12(8-14)9-16-17(15)21-18(23-16)20-10-11-2-4-13(19)5-3-11/h2-8,10H,9H2,1H3. The van der Waals surface area contributed by atoms with E-state index in [0.29, 0.717) is 0 Å². The van der Waals surface area contributed by atoms with Gasteiger partial charge < -0.3 is 4.74 Å². The summed E-state index contributed by atoms with van der Waals surface area (Å²) in [6.07, 6.45) is 2.58. The van der Waals surface area contributed by atoms with Gasteiger partial charge in [0, 0.05) is 23.1 Å². The second-order valence-electron chi connectivity index (χ2n) is 5.28. The molecule has 114 valence electrons. The van der Waals surface area contributed by atoms with Crippen molar-refractivity contribution >= 4 is 22.7 Å². The molecule has 1 aromatic heterocycles. The summed E-state index contributed by atoms with van der Waals surface area (Å²) in [6.45, 7) is 0. The molecule has 0 spiro atoms. The van der Waals surface area contributed by atoms with Crippen LogP contribution in [0, 0.1) is 5.82 Å². The van der Waals surface area contributed by atoms with Crippen molar-refractivity contribution in [2.75, 3.05) is 7.11 Å². The molecule has 0 aliphatic heterocycles. The van der Waals surface area contributed by atoms with E-state index in [1.54, 1.807) is 36.8 Å². The molecule has 0 radical (unpaired) electrons. The van der Waals surface area contributed by atoms with Crippen LogP contribution in [0.3, 0.4) is 0 Å². The molecule has 0 N–H and O–H groups in total. The second kappa shape index (κ2) is 5.59. The van der Waals surface area contributed by atoms with Gasteiger partial charge in [0.05, 0.1) is 12.8 Å². The first-order valence-electron chi connectivity index (χ1n) is 7.19. The first-order valence-corrected chi connectivity index (χ1v) is 8.01. The van der Waals surface area contributed by atoms with Gasteiger partial charge in [-0.05, 0) is 41.5 Å². The normalized spacial score (nSPS) is 12.4. The van der Waals surface area contributed by atoms with Crippen LogP contribution in [0.5, 0.6) is 5.75 Å². The number of benzene rings is 2. The van der Waals surface area contributed by atoms with Gasteiger partial charge in [0.15, 0.2) is 0 Å². The van der Waals surface area contributed by atoms with Crippen molar-refractivity contribution in [2.24, 2.45) is 4.99 Å². The van der Waals surface area contributed by atoms with Gasteiger partial charge in [0.25, 0.3) is 0 Å². The SMILES string of the molecule is COc1ccc2c(c1)Cc1sc(N=Cc3ccc(F)cc3)nc1-2. The first-order chi connectivity index (χ1) is 11.2. The largest absolute Gasteiger partial charge is 0.497 e. The molecule has 3 nitrogen and oxygen atoms in total. The molecule has 0 saturated carbocycles. The zero-order valence-corrected chi connectivity index (χ0v) is 13.2. The molecule has 3 aromatic rings. The minimum absolute atomic E-state index is 0.248. The van der Waals surface area contributed by atoms with Crippen molar-refractivity contribution in [1.82, 2.24) is 4.98 Å². The highest BCUT2D eigenvalue weighted by atomic mass is 32.1. The highest BCUT2D eigenvalue weighted by Crippen LogP contribution is 2.42. The number of hydrogen-bond acceptors (Lipinski definition) is 4. The number of halogens is 1. The van der Waals surface area contributed by atoms with Crippen molar-refractivity contribution in [2.45, 2.75) is 6.42 Å². The molecule has 0 fully saturated rings. The summed E-state index contributed by atoms with van der Waals surface area (Å²) < 4.78 is 18.2. The number of aliphatic imine (C=N–C) groups is 1. The maximum Gasteiger partial charge on any atom is 0.209 e. The van der Waals surface area contributed by atoms with Crippen LogP contribution >= 0.6 is 11.3 Å². The third-order valence-electron chi connectivity index (χ3n) is 3.80. The number of rotatable bonds is 3. The Bertz CT molecular complexity index is 900. The van der Waals surface area contributed by atoms with E-state index in [1.807, 2.05) is 12.1 Å². The lowest BCUT2D eigenvalue weighted by molar-refractivity contribution is 0.414. The summed E-state index contributed by atoms with van der Waals surface area (Å²) in [5.74, 6) is 0.621. The molecule has 1 heterocycles. The molecule has 0 amide bonds. The Morgan fingerprint density at radius 3 is 2.83 bits per heavy atom. The molecule has 4 rings (SSSR count). The van der Waals surface area contributed by atoms with E-state index in [1.165, 1.54) is 22.6 Å². The van der Waals surface area contributed by atoms with Crippen LogP contribution in [-0.4, -0.2) is 18.3 Å². The zero-order chi connectivity index (χ0) is 15.8. The quantitative estimate of drug-likeness (QED) is 0.516. The summed E-state index contributed by atoms with van der Waals surface area (Å²) in [4.78, 5) is 10.3. The van der Waals surface area contributed by atoms with Crippen LogP contribution in [-0.2, 0) is 6.42 Å². The van der Waals surface area contributed by atoms with Crippen molar-refractivity contribution in [3.05, 3.63) is 64.3 Å². The molecular weight excluding hydrogens is 311 g/mol. The maximum atomic E-state index is 12.9. The van der Waals surface area contributed by atoms with E-state index in [9.17, 15) is 4.39 Å². The van der Waals surface area contributed by atoms with E-state index in [-0.39, 0.29) is 5.82 Å². The van der Waals surface area contributed by atoms with Gasteiger partial charge in [0.1, 0.15) is 11.6 Å². The Kier molecular flexibility index (Phi) is 3.42. The molecule has 5 heteroatoms. The van der Waals surface area contributed by atoms with E-state index >= 15 is 0 Å². The number of methoxy groups -OCH3 is 1. The predicted octanol–water partition coefficient (Wildman–Crippen LogP) is 4.61. The Labute approximate surface area is 137 Å². The van der Waals surface area contributed by atoms with Crippen molar-refractivity contribution in [1.29, 1.82) is 0 Å². The fourth-order valence-corrected chi connectivity index (χ4v) is 3.59. The summed E-state index contributed by atoms with van der Waals surface area (Å²) in [5, 5.41) is 0.723.